The van der Waals surface area contributed by atoms with Gasteiger partial charge in [0.1, 0.15) is 5.76 Å². The molecule has 2 aromatic rings. The maximum Gasteiger partial charge on any atom is 0.313 e. The Bertz CT molecular complexity index is 506. The summed E-state index contributed by atoms with van der Waals surface area (Å²) in [5.74, 6) is -0.0865. The van der Waals surface area contributed by atoms with Crippen molar-refractivity contribution in [2.75, 3.05) is 5.75 Å². The van der Waals surface area contributed by atoms with E-state index in [0.29, 0.717) is 0 Å². The van der Waals surface area contributed by atoms with Gasteiger partial charge in [-0.1, -0.05) is 16.9 Å². The first kappa shape index (κ1) is 11.2. The van der Waals surface area contributed by atoms with Gasteiger partial charge in [0.25, 0.3) is 0 Å². The third kappa shape index (κ3) is 2.42. The maximum absolute atomic E-state index is 10.4. The average Bonchev–Trinajstić information content (AvgIpc) is 2.83. The Morgan fingerprint density at radius 3 is 3.06 bits per heavy atom. The molecule has 2 rings (SSSR count). The molecule has 0 bridgehead atoms. The molecule has 7 heteroatoms. The molecule has 2 heterocycles. The molecule has 0 saturated heterocycles. The van der Waals surface area contributed by atoms with Crippen LogP contribution in [-0.4, -0.2) is 27.0 Å². The predicted molar refractivity (Wildman–Crippen MR) is 60.7 cm³/mol. The summed E-state index contributed by atoms with van der Waals surface area (Å²) in [5, 5.41) is 12.2. The first-order valence-electron chi connectivity index (χ1n) is 4.39. The van der Waals surface area contributed by atoms with Crippen molar-refractivity contribution in [1.29, 1.82) is 0 Å². The van der Waals surface area contributed by atoms with Crippen molar-refractivity contribution in [3.8, 4) is 10.4 Å². The fraction of sp³-hybridized carbons (Fsp3) is 0.222. The number of aromatic nitrogens is 2. The Balaban J connectivity index is 2.14. The van der Waals surface area contributed by atoms with Gasteiger partial charge < -0.3 is 9.63 Å². The first-order valence-corrected chi connectivity index (χ1v) is 6.19. The molecular formula is C9H8N2O3S2. The van der Waals surface area contributed by atoms with E-state index in [2.05, 4.69) is 10.1 Å². The van der Waals surface area contributed by atoms with Gasteiger partial charge in [-0.2, -0.15) is 0 Å². The standard InChI is InChI=1S/C9H8N2O3S2/c1-5-6(2-11-14-5)7-3-10-9(16-7)15-4-8(12)13/h2-3H,4H2,1H3,(H,12,13). The van der Waals surface area contributed by atoms with Crippen LogP contribution < -0.4 is 0 Å². The topological polar surface area (TPSA) is 76.2 Å². The van der Waals surface area contributed by atoms with Crippen molar-refractivity contribution in [3.05, 3.63) is 18.2 Å². The van der Waals surface area contributed by atoms with Gasteiger partial charge in [-0.05, 0) is 6.92 Å². The molecule has 0 fully saturated rings. The van der Waals surface area contributed by atoms with Crippen LogP contribution in [0.4, 0.5) is 0 Å². The van der Waals surface area contributed by atoms with Gasteiger partial charge >= 0.3 is 5.97 Å². The lowest BCUT2D eigenvalue weighted by Gasteiger charge is -1.90. The lowest BCUT2D eigenvalue weighted by molar-refractivity contribution is -0.133. The van der Waals surface area contributed by atoms with Crippen molar-refractivity contribution in [3.63, 3.8) is 0 Å². The Morgan fingerprint density at radius 1 is 1.62 bits per heavy atom. The number of rotatable bonds is 4. The van der Waals surface area contributed by atoms with Crippen LogP contribution in [0.1, 0.15) is 5.76 Å². The Kier molecular flexibility index (Phi) is 3.25. The summed E-state index contributed by atoms with van der Waals surface area (Å²) in [7, 11) is 0. The number of aryl methyl sites for hydroxylation is 1. The van der Waals surface area contributed by atoms with E-state index >= 15 is 0 Å². The maximum atomic E-state index is 10.4. The number of aliphatic carboxylic acids is 1. The molecule has 5 nitrogen and oxygen atoms in total. The number of thioether (sulfide) groups is 1. The highest BCUT2D eigenvalue weighted by atomic mass is 32.2. The van der Waals surface area contributed by atoms with Crippen LogP contribution in [0.5, 0.6) is 0 Å². The van der Waals surface area contributed by atoms with E-state index in [-0.39, 0.29) is 5.75 Å². The van der Waals surface area contributed by atoms with Gasteiger partial charge in [0, 0.05) is 6.20 Å². The van der Waals surface area contributed by atoms with E-state index in [0.717, 1.165) is 20.5 Å². The number of carboxylic acids is 1. The molecule has 0 radical (unpaired) electrons. The molecular weight excluding hydrogens is 248 g/mol. The molecule has 2 aromatic heterocycles. The summed E-state index contributed by atoms with van der Waals surface area (Å²) >= 11 is 2.64. The summed E-state index contributed by atoms with van der Waals surface area (Å²) in [5.41, 5.74) is 0.902. The quantitative estimate of drug-likeness (QED) is 0.846. The van der Waals surface area contributed by atoms with Crippen molar-refractivity contribution in [2.45, 2.75) is 11.3 Å². The first-order chi connectivity index (χ1) is 7.66. The summed E-state index contributed by atoms with van der Waals surface area (Å²) in [6.45, 7) is 1.83. The summed E-state index contributed by atoms with van der Waals surface area (Å²) in [6.07, 6.45) is 3.34. The summed E-state index contributed by atoms with van der Waals surface area (Å²) < 4.78 is 5.69. The second-order valence-electron chi connectivity index (χ2n) is 2.97. The van der Waals surface area contributed by atoms with E-state index in [1.807, 2.05) is 6.92 Å². The van der Waals surface area contributed by atoms with E-state index in [4.69, 9.17) is 9.63 Å². The van der Waals surface area contributed by atoms with Crippen LogP contribution in [-0.2, 0) is 4.79 Å². The lowest BCUT2D eigenvalue weighted by atomic mass is 10.2. The highest BCUT2D eigenvalue weighted by Gasteiger charge is 2.11. The van der Waals surface area contributed by atoms with Crippen LogP contribution in [0, 0.1) is 6.92 Å². The number of nitrogens with zero attached hydrogens (tertiary/aromatic N) is 2. The smallest absolute Gasteiger partial charge is 0.313 e. The van der Waals surface area contributed by atoms with Crippen molar-refractivity contribution < 1.29 is 14.4 Å². The predicted octanol–water partition coefficient (Wildman–Crippen LogP) is 2.28. The van der Waals surface area contributed by atoms with Crippen molar-refractivity contribution >= 4 is 29.1 Å². The van der Waals surface area contributed by atoms with Gasteiger partial charge in [-0.3, -0.25) is 4.79 Å². The van der Waals surface area contributed by atoms with Gasteiger partial charge in [-0.15, -0.1) is 11.3 Å². The van der Waals surface area contributed by atoms with Crippen LogP contribution >= 0.6 is 23.1 Å². The van der Waals surface area contributed by atoms with Gasteiger partial charge in [0.05, 0.1) is 22.4 Å². The zero-order valence-corrected chi connectivity index (χ0v) is 9.97. The number of thiazole rings is 1. The van der Waals surface area contributed by atoms with Crippen molar-refractivity contribution in [2.24, 2.45) is 0 Å². The minimum atomic E-state index is -0.845. The van der Waals surface area contributed by atoms with Crippen molar-refractivity contribution in [1.82, 2.24) is 10.1 Å². The third-order valence-corrected chi connectivity index (χ3v) is 3.99. The fourth-order valence-corrected chi connectivity index (χ4v) is 2.87. The second kappa shape index (κ2) is 4.67. The molecule has 0 unspecified atom stereocenters. The zero-order chi connectivity index (χ0) is 11.5. The zero-order valence-electron chi connectivity index (χ0n) is 8.34. The molecule has 84 valence electrons. The van der Waals surface area contributed by atoms with Crippen LogP contribution in [0.15, 0.2) is 21.3 Å². The van der Waals surface area contributed by atoms with E-state index in [9.17, 15) is 4.79 Å². The second-order valence-corrected chi connectivity index (χ2v) is 5.22. The van der Waals surface area contributed by atoms with Gasteiger partial charge in [-0.25, -0.2) is 4.98 Å². The molecule has 1 N–H and O–H groups in total. The molecule has 0 aliphatic carbocycles. The van der Waals surface area contributed by atoms with Crippen LogP contribution in [0.3, 0.4) is 0 Å². The largest absolute Gasteiger partial charge is 0.481 e. The fourth-order valence-electron chi connectivity index (χ4n) is 1.11. The van der Waals surface area contributed by atoms with Gasteiger partial charge in [0.15, 0.2) is 4.34 Å². The van der Waals surface area contributed by atoms with Crippen LogP contribution in [0.2, 0.25) is 0 Å². The molecule has 0 aliphatic heterocycles. The monoisotopic (exact) mass is 256 g/mol. The molecule has 0 spiro atoms. The highest BCUT2D eigenvalue weighted by molar-refractivity contribution is 8.01. The van der Waals surface area contributed by atoms with Crippen LogP contribution in [0.25, 0.3) is 10.4 Å². The Hall–Kier alpha value is -1.34. The minimum Gasteiger partial charge on any atom is -0.481 e. The Labute approximate surface area is 99.5 Å². The summed E-state index contributed by atoms with van der Waals surface area (Å²) in [6, 6.07) is 0. The number of hydrogen-bond donors (Lipinski definition) is 1. The summed E-state index contributed by atoms with van der Waals surface area (Å²) in [4.78, 5) is 15.5. The normalized spacial score (nSPS) is 10.6. The van der Waals surface area contributed by atoms with Gasteiger partial charge in [0.2, 0.25) is 0 Å². The molecule has 0 saturated carbocycles. The molecule has 16 heavy (non-hydrogen) atoms. The number of carboxylic acid groups (broad SMARTS) is 1. The minimum absolute atomic E-state index is 0.0234. The van der Waals surface area contributed by atoms with E-state index < -0.39 is 5.97 Å². The third-order valence-electron chi connectivity index (χ3n) is 1.82. The lowest BCUT2D eigenvalue weighted by Crippen LogP contribution is -1.96. The number of carbonyl (C=O) groups is 1. The van der Waals surface area contributed by atoms with E-state index in [1.54, 1.807) is 12.4 Å². The highest BCUT2D eigenvalue weighted by Crippen LogP contribution is 2.32. The Morgan fingerprint density at radius 2 is 2.44 bits per heavy atom. The molecule has 0 aliphatic rings. The molecule has 0 aromatic carbocycles. The average molecular weight is 256 g/mol. The molecule has 0 amide bonds. The number of hydrogen-bond acceptors (Lipinski definition) is 6. The van der Waals surface area contributed by atoms with E-state index in [1.165, 1.54) is 23.1 Å². The molecule has 0 atom stereocenters. The SMILES string of the molecule is Cc1oncc1-c1cnc(SCC(=O)O)s1.